The first-order valence-electron chi connectivity index (χ1n) is 11.9. The Labute approximate surface area is 184 Å². The summed E-state index contributed by atoms with van der Waals surface area (Å²) in [4.78, 5) is 0. The molecule has 5 heteroatoms. The van der Waals surface area contributed by atoms with Crippen molar-refractivity contribution in [2.75, 3.05) is 26.4 Å². The van der Waals surface area contributed by atoms with Crippen molar-refractivity contribution in [2.45, 2.75) is 76.2 Å². The van der Waals surface area contributed by atoms with Gasteiger partial charge in [0.2, 0.25) is 0 Å². The summed E-state index contributed by atoms with van der Waals surface area (Å²) >= 11 is 0. The summed E-state index contributed by atoms with van der Waals surface area (Å²) in [5.74, 6) is 1.14. The fourth-order valence-electron chi connectivity index (χ4n) is 5.43. The molecule has 3 fully saturated rings. The van der Waals surface area contributed by atoms with Crippen LogP contribution in [0.2, 0.25) is 18.1 Å². The second-order valence-corrected chi connectivity index (χ2v) is 14.5. The Morgan fingerprint density at radius 3 is 2.53 bits per heavy atom. The number of rotatable bonds is 8. The van der Waals surface area contributed by atoms with E-state index in [4.69, 9.17) is 18.9 Å². The Hall–Kier alpha value is -0.723. The van der Waals surface area contributed by atoms with Gasteiger partial charge in [-0.15, -0.1) is 0 Å². The molecule has 0 bridgehead atoms. The maximum Gasteiger partial charge on any atom is 0.174 e. The van der Waals surface area contributed by atoms with Gasteiger partial charge in [-0.1, -0.05) is 57.3 Å². The summed E-state index contributed by atoms with van der Waals surface area (Å²) in [6.07, 6.45) is 4.88. The van der Waals surface area contributed by atoms with Crippen molar-refractivity contribution in [1.29, 1.82) is 0 Å². The van der Waals surface area contributed by atoms with E-state index in [2.05, 4.69) is 51.2 Å². The quantitative estimate of drug-likeness (QED) is 0.540. The molecule has 1 saturated heterocycles. The fourth-order valence-corrected chi connectivity index (χ4v) is 5.86. The molecule has 2 aliphatic carbocycles. The Kier molecular flexibility index (Phi) is 7.05. The Morgan fingerprint density at radius 2 is 1.83 bits per heavy atom. The molecular formula is C25H40O4Si. The second kappa shape index (κ2) is 9.41. The standard InChI is InChI=1S/C25H40O4Si/c1-24(2,30(3)4)18-27-21-10-11-22-20(14-21)15-25(28-12-13-29-25)23(22)17-26-16-19-8-6-5-7-9-19/h5-9,20-23,30H,10-18H2,1-4H3/t20-,21+,22+,23-/m0/s1. The molecular weight excluding hydrogens is 392 g/mol. The third-order valence-corrected chi connectivity index (χ3v) is 11.4. The van der Waals surface area contributed by atoms with Crippen LogP contribution in [0.3, 0.4) is 0 Å². The Bertz CT molecular complexity index is 671. The third-order valence-electron chi connectivity index (χ3n) is 8.06. The summed E-state index contributed by atoms with van der Waals surface area (Å²) in [5, 5.41) is 0.360. The van der Waals surface area contributed by atoms with Crippen LogP contribution in [0.1, 0.15) is 45.1 Å². The maximum absolute atomic E-state index is 6.46. The minimum atomic E-state index is -0.729. The number of ether oxygens (including phenoxy) is 4. The van der Waals surface area contributed by atoms with Crippen molar-refractivity contribution in [3.8, 4) is 0 Å². The van der Waals surface area contributed by atoms with E-state index in [0.29, 0.717) is 55.3 Å². The number of hydrogen-bond acceptors (Lipinski definition) is 4. The van der Waals surface area contributed by atoms with Crippen LogP contribution < -0.4 is 0 Å². The zero-order valence-corrected chi connectivity index (χ0v) is 20.4. The Balaban J connectivity index is 1.35. The molecule has 4 atom stereocenters. The maximum atomic E-state index is 6.46. The molecule has 1 aliphatic heterocycles. The molecule has 0 amide bonds. The molecule has 0 aromatic heterocycles. The first kappa shape index (κ1) is 22.5. The lowest BCUT2D eigenvalue weighted by molar-refractivity contribution is -0.198. The van der Waals surface area contributed by atoms with Crippen molar-refractivity contribution in [3.63, 3.8) is 0 Å². The van der Waals surface area contributed by atoms with Crippen LogP contribution in [0, 0.1) is 17.8 Å². The fraction of sp³-hybridized carbons (Fsp3) is 0.760. The molecule has 0 unspecified atom stereocenters. The molecule has 1 spiro atoms. The highest BCUT2D eigenvalue weighted by molar-refractivity contribution is 6.59. The largest absolute Gasteiger partial charge is 0.378 e. The van der Waals surface area contributed by atoms with Gasteiger partial charge < -0.3 is 18.9 Å². The zero-order chi connectivity index (χ0) is 21.2. The highest BCUT2D eigenvalue weighted by atomic mass is 28.3. The summed E-state index contributed by atoms with van der Waals surface area (Å²) in [7, 11) is -0.729. The lowest BCUT2D eigenvalue weighted by Gasteiger charge is -2.37. The number of hydrogen-bond donors (Lipinski definition) is 0. The van der Waals surface area contributed by atoms with Crippen LogP contribution in [-0.4, -0.2) is 47.1 Å². The van der Waals surface area contributed by atoms with Gasteiger partial charge in [-0.2, -0.15) is 0 Å². The normalized spacial score (nSPS) is 30.8. The average molecular weight is 433 g/mol. The van der Waals surface area contributed by atoms with Crippen molar-refractivity contribution in [1.82, 2.24) is 0 Å². The summed E-state index contributed by atoms with van der Waals surface area (Å²) in [6.45, 7) is 13.3. The topological polar surface area (TPSA) is 36.9 Å². The van der Waals surface area contributed by atoms with Gasteiger partial charge in [0.15, 0.2) is 5.79 Å². The lowest BCUT2D eigenvalue weighted by Crippen LogP contribution is -2.40. The molecule has 1 aromatic carbocycles. The summed E-state index contributed by atoms with van der Waals surface area (Å²) in [5.41, 5.74) is 1.22. The smallest absolute Gasteiger partial charge is 0.174 e. The van der Waals surface area contributed by atoms with E-state index in [1.807, 2.05) is 6.07 Å². The van der Waals surface area contributed by atoms with Crippen LogP contribution >= 0.6 is 0 Å². The minimum Gasteiger partial charge on any atom is -0.378 e. The highest BCUT2D eigenvalue weighted by Crippen LogP contribution is 2.55. The van der Waals surface area contributed by atoms with Crippen LogP contribution in [-0.2, 0) is 25.6 Å². The Morgan fingerprint density at radius 1 is 1.10 bits per heavy atom. The third kappa shape index (κ3) is 4.86. The van der Waals surface area contributed by atoms with Gasteiger partial charge in [-0.25, -0.2) is 0 Å². The van der Waals surface area contributed by atoms with E-state index >= 15 is 0 Å². The first-order chi connectivity index (χ1) is 14.4. The van der Waals surface area contributed by atoms with Crippen molar-refractivity contribution >= 4 is 8.80 Å². The monoisotopic (exact) mass is 432 g/mol. The molecule has 3 aliphatic rings. The predicted octanol–water partition coefficient (Wildman–Crippen LogP) is 5.03. The zero-order valence-electron chi connectivity index (χ0n) is 19.3. The van der Waals surface area contributed by atoms with Crippen LogP contribution in [0.5, 0.6) is 0 Å². The predicted molar refractivity (Wildman–Crippen MR) is 122 cm³/mol. The molecule has 1 heterocycles. The molecule has 4 nitrogen and oxygen atoms in total. The molecule has 2 saturated carbocycles. The molecule has 4 rings (SSSR count). The van der Waals surface area contributed by atoms with Crippen LogP contribution in [0.15, 0.2) is 30.3 Å². The average Bonchev–Trinajstić information content (AvgIpc) is 3.32. The summed E-state index contributed by atoms with van der Waals surface area (Å²) < 4.78 is 25.2. The minimum absolute atomic E-state index is 0.328. The SMILES string of the molecule is C[SiH](C)C(C)(C)CO[C@@H]1CC[C@@H]2[C@@H](C1)CC1(OCCO1)[C@H]2COCc1ccccc1. The van der Waals surface area contributed by atoms with Gasteiger partial charge >= 0.3 is 0 Å². The number of fused-ring (bicyclic) bond motifs is 1. The second-order valence-electron chi connectivity index (χ2n) is 10.6. The van der Waals surface area contributed by atoms with Gasteiger partial charge in [0, 0.05) is 27.7 Å². The number of benzene rings is 1. The molecule has 0 radical (unpaired) electrons. The van der Waals surface area contributed by atoms with Gasteiger partial charge in [-0.05, 0) is 41.7 Å². The van der Waals surface area contributed by atoms with E-state index in [9.17, 15) is 0 Å². The van der Waals surface area contributed by atoms with E-state index in [-0.39, 0.29) is 0 Å². The van der Waals surface area contributed by atoms with Gasteiger partial charge in [0.05, 0.1) is 32.5 Å². The lowest BCUT2D eigenvalue weighted by atomic mass is 9.77. The first-order valence-corrected chi connectivity index (χ1v) is 14.8. The van der Waals surface area contributed by atoms with Gasteiger partial charge in [0.25, 0.3) is 0 Å². The van der Waals surface area contributed by atoms with E-state index in [0.717, 1.165) is 25.9 Å². The molecule has 168 valence electrons. The van der Waals surface area contributed by atoms with Gasteiger partial charge in [-0.3, -0.25) is 0 Å². The van der Waals surface area contributed by atoms with E-state index < -0.39 is 14.6 Å². The van der Waals surface area contributed by atoms with Crippen LogP contribution in [0.4, 0.5) is 0 Å². The molecule has 0 N–H and O–H groups in total. The van der Waals surface area contributed by atoms with Crippen molar-refractivity contribution in [3.05, 3.63) is 35.9 Å². The van der Waals surface area contributed by atoms with Crippen molar-refractivity contribution < 1.29 is 18.9 Å². The summed E-state index contributed by atoms with van der Waals surface area (Å²) in [6, 6.07) is 10.4. The van der Waals surface area contributed by atoms with E-state index in [1.54, 1.807) is 0 Å². The highest BCUT2D eigenvalue weighted by Gasteiger charge is 2.58. The van der Waals surface area contributed by atoms with E-state index in [1.165, 1.54) is 12.0 Å². The molecule has 30 heavy (non-hydrogen) atoms. The van der Waals surface area contributed by atoms with Crippen molar-refractivity contribution in [2.24, 2.45) is 17.8 Å². The molecule has 1 aromatic rings. The van der Waals surface area contributed by atoms with Gasteiger partial charge in [0.1, 0.15) is 0 Å². The van der Waals surface area contributed by atoms with Crippen LogP contribution in [0.25, 0.3) is 0 Å².